The smallest absolute Gasteiger partial charge is 0.167 e. The number of hydrogen-bond acceptors (Lipinski definition) is 4. The van der Waals surface area contributed by atoms with Crippen molar-refractivity contribution in [1.82, 2.24) is 15.0 Å². The van der Waals surface area contributed by atoms with E-state index < -0.39 is 0 Å². The molecule has 1 unspecified atom stereocenters. The van der Waals surface area contributed by atoms with Gasteiger partial charge in [-0.05, 0) is 119 Å². The highest BCUT2D eigenvalue weighted by atomic mass is 16.3. The second-order valence-corrected chi connectivity index (χ2v) is 16.8. The van der Waals surface area contributed by atoms with E-state index in [0.717, 1.165) is 49.4 Å². The third kappa shape index (κ3) is 5.43. The summed E-state index contributed by atoms with van der Waals surface area (Å²) < 4.78 is 6.99. The number of benzene rings is 10. The number of furan rings is 1. The lowest BCUT2D eigenvalue weighted by Crippen LogP contribution is -2.17. The molecule has 0 saturated heterocycles. The van der Waals surface area contributed by atoms with Crippen molar-refractivity contribution < 1.29 is 4.42 Å². The van der Waals surface area contributed by atoms with Crippen molar-refractivity contribution >= 4 is 65.0 Å². The van der Waals surface area contributed by atoms with Crippen LogP contribution in [-0.4, -0.2) is 15.0 Å². The molecule has 2 heterocycles. The van der Waals surface area contributed by atoms with E-state index in [0.29, 0.717) is 17.5 Å². The van der Waals surface area contributed by atoms with Crippen LogP contribution in [0, 0.1) is 0 Å². The molecule has 1 aliphatic rings. The van der Waals surface area contributed by atoms with Gasteiger partial charge in [0.15, 0.2) is 17.5 Å². The largest absolute Gasteiger partial charge is 0.455 e. The van der Waals surface area contributed by atoms with Gasteiger partial charge in [0.1, 0.15) is 11.2 Å². The van der Waals surface area contributed by atoms with E-state index in [9.17, 15) is 0 Å². The van der Waals surface area contributed by atoms with Crippen LogP contribution in [0.15, 0.2) is 199 Å². The summed E-state index contributed by atoms with van der Waals surface area (Å²) in [5.74, 6) is 2.03. The van der Waals surface area contributed by atoms with Gasteiger partial charge in [-0.15, -0.1) is 0 Å². The predicted molar refractivity (Wildman–Crippen MR) is 256 cm³/mol. The molecular weight excluding hydrogens is 755 g/mol. The molecule has 0 fully saturated rings. The molecule has 2 atom stereocenters. The summed E-state index contributed by atoms with van der Waals surface area (Å²) >= 11 is 0. The summed E-state index contributed by atoms with van der Waals surface area (Å²) in [6.07, 6.45) is 0. The first-order valence-electron chi connectivity index (χ1n) is 21.4. The van der Waals surface area contributed by atoms with Crippen LogP contribution in [0.25, 0.3) is 110 Å². The number of nitrogens with zero attached hydrogens (tertiary/aromatic N) is 3. The minimum Gasteiger partial charge on any atom is -0.455 e. The van der Waals surface area contributed by atoms with Gasteiger partial charge in [0, 0.05) is 27.8 Å². The van der Waals surface area contributed by atoms with Crippen LogP contribution in [0.5, 0.6) is 0 Å². The summed E-state index contributed by atoms with van der Waals surface area (Å²) in [5.41, 5.74) is 10.8. The Bertz CT molecular complexity index is 3790. The van der Waals surface area contributed by atoms with Crippen LogP contribution in [0.3, 0.4) is 0 Å². The Labute approximate surface area is 357 Å². The molecule has 10 aromatic carbocycles. The van der Waals surface area contributed by atoms with E-state index in [1.165, 1.54) is 60.1 Å². The van der Waals surface area contributed by atoms with Crippen molar-refractivity contribution in [2.24, 2.45) is 0 Å². The molecule has 12 aromatic rings. The third-order valence-corrected chi connectivity index (χ3v) is 13.2. The van der Waals surface area contributed by atoms with Gasteiger partial charge in [-0.2, -0.15) is 0 Å². The molecule has 4 heteroatoms. The van der Waals surface area contributed by atoms with Crippen molar-refractivity contribution in [1.29, 1.82) is 0 Å². The molecule has 0 aliphatic heterocycles. The minimum absolute atomic E-state index is 0.0447. The maximum Gasteiger partial charge on any atom is 0.167 e. The number of aromatic nitrogens is 3. The maximum absolute atomic E-state index is 6.99. The summed E-state index contributed by atoms with van der Waals surface area (Å²) in [5, 5.41) is 11.7. The fourth-order valence-corrected chi connectivity index (χ4v) is 10.2. The topological polar surface area (TPSA) is 51.8 Å². The van der Waals surface area contributed by atoms with Crippen LogP contribution in [0.1, 0.15) is 35.4 Å². The van der Waals surface area contributed by atoms with E-state index in [1.54, 1.807) is 0 Å². The molecule has 0 amide bonds. The Kier molecular flexibility index (Phi) is 7.61. The summed E-state index contributed by atoms with van der Waals surface area (Å²) in [6, 6.07) is 69.8. The average Bonchev–Trinajstić information content (AvgIpc) is 3.69. The maximum atomic E-state index is 6.99. The lowest BCUT2D eigenvalue weighted by atomic mass is 9.69. The number of fused-ring (bicyclic) bond motifs is 11. The highest BCUT2D eigenvalue weighted by Crippen LogP contribution is 2.52. The molecule has 290 valence electrons. The highest BCUT2D eigenvalue weighted by Gasteiger charge is 2.34. The first-order valence-corrected chi connectivity index (χ1v) is 21.4. The fourth-order valence-electron chi connectivity index (χ4n) is 10.2. The summed E-state index contributed by atoms with van der Waals surface area (Å²) in [4.78, 5) is 15.9. The SMILES string of the molecule is CC1c2ccccc2-c2cc3ccccc3cc2[C@H]1c1cc(-c2nc(-c3ccccc3)nc(-c3ccc4c(ccc5ccccc54)c3)n2)c2oc3cc4ccccc4cc3c2c1. The zero-order valence-electron chi connectivity index (χ0n) is 33.9. The zero-order valence-corrected chi connectivity index (χ0v) is 33.9. The quantitative estimate of drug-likeness (QED) is 0.167. The van der Waals surface area contributed by atoms with Crippen LogP contribution in [0.2, 0.25) is 0 Å². The van der Waals surface area contributed by atoms with Crippen LogP contribution >= 0.6 is 0 Å². The van der Waals surface area contributed by atoms with Gasteiger partial charge >= 0.3 is 0 Å². The monoisotopic (exact) mass is 791 g/mol. The second-order valence-electron chi connectivity index (χ2n) is 16.8. The third-order valence-electron chi connectivity index (χ3n) is 13.2. The van der Waals surface area contributed by atoms with Crippen molar-refractivity contribution in [3.63, 3.8) is 0 Å². The molecule has 0 saturated carbocycles. The Morgan fingerprint density at radius 3 is 1.82 bits per heavy atom. The van der Waals surface area contributed by atoms with Gasteiger partial charge in [-0.1, -0.05) is 159 Å². The molecule has 13 rings (SSSR count). The minimum atomic E-state index is 0.0447. The highest BCUT2D eigenvalue weighted by molar-refractivity contribution is 6.13. The van der Waals surface area contributed by atoms with Gasteiger partial charge < -0.3 is 4.42 Å². The van der Waals surface area contributed by atoms with E-state index in [1.807, 2.05) is 18.2 Å². The molecule has 4 nitrogen and oxygen atoms in total. The van der Waals surface area contributed by atoms with E-state index in [4.69, 9.17) is 19.4 Å². The Hall–Kier alpha value is -7.95. The molecular formula is C58H37N3O. The number of hydrogen-bond donors (Lipinski definition) is 0. The Balaban J connectivity index is 1.09. The Morgan fingerprint density at radius 1 is 0.371 bits per heavy atom. The molecule has 0 bridgehead atoms. The lowest BCUT2D eigenvalue weighted by Gasteiger charge is -2.34. The van der Waals surface area contributed by atoms with Crippen LogP contribution in [0.4, 0.5) is 0 Å². The van der Waals surface area contributed by atoms with Gasteiger partial charge in [-0.3, -0.25) is 0 Å². The first-order chi connectivity index (χ1) is 30.6. The van der Waals surface area contributed by atoms with Gasteiger partial charge in [0.2, 0.25) is 0 Å². The molecule has 62 heavy (non-hydrogen) atoms. The van der Waals surface area contributed by atoms with Crippen LogP contribution < -0.4 is 0 Å². The standard InChI is InChI=1S/C58H37N3O/c1-34-44-20-11-12-22-47(44)48-28-37-16-5-6-18-39(37)30-50(48)54(34)43-31-51-49-29-38-17-7-8-19-40(38)33-53(49)62-55(51)52(32-43)58-60-56(36-14-3-2-4-15-36)59-57(61-58)42-25-26-46-41(27-42)24-23-35-13-9-10-21-45(35)46/h2-34,54H,1H3/t34?,54-/m1/s1. The lowest BCUT2D eigenvalue weighted by molar-refractivity contribution is 0.649. The normalized spacial score (nSPS) is 14.9. The molecule has 1 aliphatic carbocycles. The molecule has 2 aromatic heterocycles. The molecule has 0 radical (unpaired) electrons. The molecule has 0 N–H and O–H groups in total. The van der Waals surface area contributed by atoms with Crippen molar-refractivity contribution in [3.05, 3.63) is 211 Å². The fraction of sp³-hybridized carbons (Fsp3) is 0.0517. The first kappa shape index (κ1) is 34.9. The predicted octanol–water partition coefficient (Wildman–Crippen LogP) is 15.3. The van der Waals surface area contributed by atoms with Crippen molar-refractivity contribution in [2.45, 2.75) is 18.8 Å². The van der Waals surface area contributed by atoms with Crippen molar-refractivity contribution in [2.75, 3.05) is 0 Å². The summed E-state index contributed by atoms with van der Waals surface area (Å²) in [7, 11) is 0. The van der Waals surface area contributed by atoms with Gasteiger partial charge in [-0.25, -0.2) is 15.0 Å². The Morgan fingerprint density at radius 2 is 1.00 bits per heavy atom. The summed E-state index contributed by atoms with van der Waals surface area (Å²) in [6.45, 7) is 2.38. The van der Waals surface area contributed by atoms with Gasteiger partial charge in [0.05, 0.1) is 5.56 Å². The molecule has 0 spiro atoms. The number of rotatable bonds is 4. The van der Waals surface area contributed by atoms with Crippen LogP contribution in [-0.2, 0) is 0 Å². The zero-order chi connectivity index (χ0) is 40.9. The average molecular weight is 792 g/mol. The van der Waals surface area contributed by atoms with E-state index in [2.05, 4.69) is 183 Å². The van der Waals surface area contributed by atoms with Crippen molar-refractivity contribution in [3.8, 4) is 45.3 Å². The van der Waals surface area contributed by atoms with Gasteiger partial charge in [0.25, 0.3) is 0 Å². The second kappa shape index (κ2) is 13.5. The van der Waals surface area contributed by atoms with E-state index in [-0.39, 0.29) is 11.8 Å². The van der Waals surface area contributed by atoms with E-state index >= 15 is 0 Å².